The van der Waals surface area contributed by atoms with Gasteiger partial charge < -0.3 is 29.4 Å². The number of ether oxygens (including phenoxy) is 4. The molecule has 0 radical (unpaired) electrons. The average molecular weight is 849 g/mol. The molecule has 13 heteroatoms. The van der Waals surface area contributed by atoms with E-state index in [1.807, 2.05) is 99.6 Å². The van der Waals surface area contributed by atoms with Crippen LogP contribution in [0.25, 0.3) is 11.1 Å². The summed E-state index contributed by atoms with van der Waals surface area (Å²) < 4.78 is 24.3. The quantitative estimate of drug-likeness (QED) is 0.133. The lowest BCUT2D eigenvalue weighted by Gasteiger charge is -2.37. The Hall–Kier alpha value is -6.22. The molecule has 308 valence electrons. The number of hydrogen-bond acceptors (Lipinski definition) is 8. The summed E-state index contributed by atoms with van der Waals surface area (Å²) in [5.74, 6) is -0.168. The Kier molecular flexibility index (Phi) is 12.5. The fourth-order valence-corrected chi connectivity index (χ4v) is 7.27. The Bertz CT molecular complexity index is 2430. The standard InChI is InChI=1S/C47H43Cl2N3O8/c1-47(2,3)27-59-46(56)52-24-35-22-42-41(58-26-43(60-42)33-13-15-36(16-14-33)57-25-30-8-17-37(48)38(49)18-30)21-34(35)20-40(52)44(53)51-39(45(54)55)19-28-4-9-31(10-5-28)32-11-6-29(23-50)7-12-32/h4-18,21-22,39-40,43H,19-20,24-27H2,1-3H3,(H,51,53)(H,54,55)/t39-,40?,43?/m0/s1. The molecule has 2 unspecified atom stereocenters. The highest BCUT2D eigenvalue weighted by Crippen LogP contribution is 2.41. The van der Waals surface area contributed by atoms with Gasteiger partial charge in [0.2, 0.25) is 5.91 Å². The van der Waals surface area contributed by atoms with E-state index in [1.54, 1.807) is 24.3 Å². The molecule has 60 heavy (non-hydrogen) atoms. The van der Waals surface area contributed by atoms with Gasteiger partial charge in [0.1, 0.15) is 31.0 Å². The molecule has 0 saturated heterocycles. The molecule has 11 nitrogen and oxygen atoms in total. The highest BCUT2D eigenvalue weighted by molar-refractivity contribution is 6.42. The zero-order valence-electron chi connectivity index (χ0n) is 33.2. The van der Waals surface area contributed by atoms with Gasteiger partial charge in [-0.1, -0.05) is 98.6 Å². The lowest BCUT2D eigenvalue weighted by molar-refractivity contribution is -0.142. The molecular weight excluding hydrogens is 805 g/mol. The number of aliphatic carboxylic acids is 1. The van der Waals surface area contributed by atoms with E-state index < -0.39 is 36.2 Å². The topological polar surface area (TPSA) is 147 Å². The van der Waals surface area contributed by atoms with Crippen molar-refractivity contribution in [2.75, 3.05) is 13.2 Å². The van der Waals surface area contributed by atoms with E-state index in [-0.39, 0.29) is 38.0 Å². The molecule has 2 N–H and O–H groups in total. The molecule has 0 aromatic heterocycles. The molecule has 2 amide bonds. The molecule has 0 aliphatic carbocycles. The van der Waals surface area contributed by atoms with Crippen LogP contribution in [0.5, 0.6) is 17.2 Å². The van der Waals surface area contributed by atoms with Crippen LogP contribution in [0, 0.1) is 16.7 Å². The fraction of sp³-hybridized carbons (Fsp3) is 0.277. The van der Waals surface area contributed by atoms with Gasteiger partial charge in [0.25, 0.3) is 0 Å². The first-order valence-electron chi connectivity index (χ1n) is 19.4. The normalized spacial score (nSPS) is 16.2. The third-order valence-corrected chi connectivity index (χ3v) is 11.0. The molecule has 3 atom stereocenters. The van der Waals surface area contributed by atoms with Crippen molar-refractivity contribution in [2.45, 2.75) is 65.0 Å². The Balaban J connectivity index is 1.05. The second kappa shape index (κ2) is 18.0. The number of rotatable bonds is 11. The lowest BCUT2D eigenvalue weighted by atomic mass is 9.92. The minimum absolute atomic E-state index is 0.0147. The van der Waals surface area contributed by atoms with Crippen LogP contribution in [0.4, 0.5) is 4.79 Å². The van der Waals surface area contributed by atoms with Crippen molar-refractivity contribution in [1.82, 2.24) is 10.2 Å². The van der Waals surface area contributed by atoms with Crippen LogP contribution >= 0.6 is 23.2 Å². The number of amides is 2. The summed E-state index contributed by atoms with van der Waals surface area (Å²) in [4.78, 5) is 41.6. The summed E-state index contributed by atoms with van der Waals surface area (Å²) in [7, 11) is 0. The highest BCUT2D eigenvalue weighted by Gasteiger charge is 2.39. The minimum Gasteiger partial charge on any atom is -0.489 e. The SMILES string of the molecule is CC(C)(C)COC(=O)N1Cc2cc3c(cc2CC1C(=O)N[C@@H](Cc1ccc(-c2ccc(C#N)cc2)cc1)C(=O)O)OCC(c1ccc(OCc2ccc(Cl)c(Cl)c2)cc1)O3. The molecule has 2 aliphatic heterocycles. The van der Waals surface area contributed by atoms with Gasteiger partial charge in [0, 0.05) is 12.8 Å². The van der Waals surface area contributed by atoms with Crippen LogP contribution in [0.1, 0.15) is 60.3 Å². The van der Waals surface area contributed by atoms with Crippen LogP contribution in [0.15, 0.2) is 103 Å². The van der Waals surface area contributed by atoms with Crippen LogP contribution in [0.3, 0.4) is 0 Å². The van der Waals surface area contributed by atoms with E-state index in [0.29, 0.717) is 45.0 Å². The number of nitrogens with zero attached hydrogens (tertiary/aromatic N) is 2. The second-order valence-corrected chi connectivity index (χ2v) is 16.9. The number of carbonyl (C=O) groups excluding carboxylic acids is 2. The zero-order chi connectivity index (χ0) is 42.6. The molecular formula is C47H43Cl2N3O8. The Morgan fingerprint density at radius 2 is 1.55 bits per heavy atom. The first-order valence-corrected chi connectivity index (χ1v) is 20.2. The summed E-state index contributed by atoms with van der Waals surface area (Å²) in [6.45, 7) is 6.49. The highest BCUT2D eigenvalue weighted by atomic mass is 35.5. The molecule has 5 aromatic rings. The van der Waals surface area contributed by atoms with E-state index in [9.17, 15) is 19.5 Å². The smallest absolute Gasteiger partial charge is 0.410 e. The summed E-state index contributed by atoms with van der Waals surface area (Å²) >= 11 is 12.2. The Morgan fingerprint density at radius 3 is 2.20 bits per heavy atom. The fourth-order valence-electron chi connectivity index (χ4n) is 6.95. The maximum Gasteiger partial charge on any atom is 0.410 e. The molecule has 0 spiro atoms. The summed E-state index contributed by atoms with van der Waals surface area (Å²) in [5.41, 5.74) is 6.00. The van der Waals surface area contributed by atoms with Crippen LogP contribution < -0.4 is 19.5 Å². The van der Waals surface area contributed by atoms with Gasteiger partial charge in [0.15, 0.2) is 17.6 Å². The first kappa shape index (κ1) is 41.9. The molecule has 0 fully saturated rings. The van der Waals surface area contributed by atoms with Crippen molar-refractivity contribution >= 4 is 41.2 Å². The van der Waals surface area contributed by atoms with E-state index in [4.69, 9.17) is 47.4 Å². The van der Waals surface area contributed by atoms with Gasteiger partial charge in [-0.05, 0) is 92.9 Å². The van der Waals surface area contributed by atoms with E-state index in [1.165, 1.54) is 4.90 Å². The summed E-state index contributed by atoms with van der Waals surface area (Å²) in [5, 5.41) is 23.0. The molecule has 5 aromatic carbocycles. The van der Waals surface area contributed by atoms with Crippen LogP contribution in [-0.2, 0) is 40.3 Å². The van der Waals surface area contributed by atoms with Crippen molar-refractivity contribution in [3.05, 3.63) is 147 Å². The largest absolute Gasteiger partial charge is 0.489 e. The number of halogens is 2. The van der Waals surface area contributed by atoms with Gasteiger partial charge in [-0.25, -0.2) is 9.59 Å². The maximum atomic E-state index is 14.1. The van der Waals surface area contributed by atoms with Gasteiger partial charge in [-0.15, -0.1) is 0 Å². The van der Waals surface area contributed by atoms with Crippen molar-refractivity contribution in [3.8, 4) is 34.4 Å². The monoisotopic (exact) mass is 847 g/mol. The third kappa shape index (κ3) is 10.1. The average Bonchev–Trinajstić information content (AvgIpc) is 3.24. The first-order chi connectivity index (χ1) is 28.7. The Morgan fingerprint density at radius 1 is 0.883 bits per heavy atom. The van der Waals surface area contributed by atoms with Crippen LogP contribution in [-0.4, -0.2) is 53.3 Å². The summed E-state index contributed by atoms with van der Waals surface area (Å²) in [6.07, 6.45) is -0.993. The predicted octanol–water partition coefficient (Wildman–Crippen LogP) is 9.35. The van der Waals surface area contributed by atoms with Gasteiger partial charge in [-0.2, -0.15) is 5.26 Å². The number of nitriles is 1. The Labute approximate surface area is 358 Å². The molecule has 2 aliphatic rings. The molecule has 2 heterocycles. The van der Waals surface area contributed by atoms with Gasteiger partial charge in [0.05, 0.1) is 34.8 Å². The number of carboxylic acid groups (broad SMARTS) is 1. The second-order valence-electron chi connectivity index (χ2n) is 16.0. The van der Waals surface area contributed by atoms with E-state index in [0.717, 1.165) is 33.4 Å². The predicted molar refractivity (Wildman–Crippen MR) is 226 cm³/mol. The van der Waals surface area contributed by atoms with E-state index >= 15 is 0 Å². The summed E-state index contributed by atoms with van der Waals surface area (Å²) in [6, 6.07) is 30.8. The number of nitrogens with one attached hydrogen (secondary N) is 1. The molecule has 0 bridgehead atoms. The molecule has 7 rings (SSSR count). The van der Waals surface area contributed by atoms with Crippen molar-refractivity contribution in [3.63, 3.8) is 0 Å². The van der Waals surface area contributed by atoms with Crippen molar-refractivity contribution in [2.24, 2.45) is 5.41 Å². The zero-order valence-corrected chi connectivity index (χ0v) is 34.8. The van der Waals surface area contributed by atoms with Gasteiger partial charge >= 0.3 is 12.1 Å². The number of carboxylic acids is 1. The van der Waals surface area contributed by atoms with E-state index in [2.05, 4.69) is 11.4 Å². The molecule has 0 saturated carbocycles. The number of hydrogen-bond donors (Lipinski definition) is 2. The van der Waals surface area contributed by atoms with Crippen molar-refractivity contribution in [1.29, 1.82) is 5.26 Å². The number of fused-ring (bicyclic) bond motifs is 2. The van der Waals surface area contributed by atoms with Crippen molar-refractivity contribution < 1.29 is 38.4 Å². The maximum absolute atomic E-state index is 14.1. The minimum atomic E-state index is -1.27. The van der Waals surface area contributed by atoms with Gasteiger partial charge in [-0.3, -0.25) is 9.69 Å². The third-order valence-electron chi connectivity index (χ3n) is 10.2. The lowest BCUT2D eigenvalue weighted by Crippen LogP contribution is -2.56. The number of carbonyl (C=O) groups is 3. The number of benzene rings is 5. The van der Waals surface area contributed by atoms with Crippen LogP contribution in [0.2, 0.25) is 10.0 Å².